The van der Waals surface area contributed by atoms with Gasteiger partial charge in [0.15, 0.2) is 0 Å². The van der Waals surface area contributed by atoms with E-state index in [-0.39, 0.29) is 0 Å². The SMILES string of the molecule is Cc1cc(C(C)C)nc(N(C)C)n1. The van der Waals surface area contributed by atoms with Crippen molar-refractivity contribution in [3.05, 3.63) is 17.5 Å². The van der Waals surface area contributed by atoms with Crippen LogP contribution >= 0.6 is 0 Å². The Hall–Kier alpha value is -1.12. The van der Waals surface area contributed by atoms with Gasteiger partial charge in [0, 0.05) is 25.5 Å². The lowest BCUT2D eigenvalue weighted by molar-refractivity contribution is 0.801. The highest BCUT2D eigenvalue weighted by atomic mass is 15.2. The van der Waals surface area contributed by atoms with Crippen LogP contribution in [0.15, 0.2) is 6.07 Å². The molecule has 0 unspecified atom stereocenters. The van der Waals surface area contributed by atoms with E-state index in [9.17, 15) is 0 Å². The molecule has 0 aromatic carbocycles. The van der Waals surface area contributed by atoms with Crippen molar-refractivity contribution in [2.24, 2.45) is 0 Å². The van der Waals surface area contributed by atoms with Crippen molar-refractivity contribution in [3.63, 3.8) is 0 Å². The second-order valence-electron chi connectivity index (χ2n) is 3.78. The van der Waals surface area contributed by atoms with E-state index in [0.717, 1.165) is 17.3 Å². The van der Waals surface area contributed by atoms with Gasteiger partial charge in [-0.25, -0.2) is 9.97 Å². The number of anilines is 1. The van der Waals surface area contributed by atoms with Gasteiger partial charge >= 0.3 is 0 Å². The normalized spacial score (nSPS) is 10.6. The van der Waals surface area contributed by atoms with Crippen molar-refractivity contribution in [1.82, 2.24) is 9.97 Å². The highest BCUT2D eigenvalue weighted by Crippen LogP contribution is 2.15. The highest BCUT2D eigenvalue weighted by molar-refractivity contribution is 5.30. The Morgan fingerprint density at radius 1 is 1.23 bits per heavy atom. The molecule has 13 heavy (non-hydrogen) atoms. The lowest BCUT2D eigenvalue weighted by atomic mass is 10.1. The molecule has 1 heterocycles. The molecule has 1 rings (SSSR count). The zero-order valence-electron chi connectivity index (χ0n) is 9.00. The minimum atomic E-state index is 0.459. The predicted molar refractivity (Wildman–Crippen MR) is 55.2 cm³/mol. The third kappa shape index (κ3) is 2.41. The van der Waals surface area contributed by atoms with Crippen molar-refractivity contribution in [2.45, 2.75) is 26.7 Å². The molecule has 3 nitrogen and oxygen atoms in total. The van der Waals surface area contributed by atoms with Gasteiger partial charge in [-0.1, -0.05) is 13.8 Å². The Kier molecular flexibility index (Phi) is 2.86. The molecular weight excluding hydrogens is 162 g/mol. The average molecular weight is 179 g/mol. The van der Waals surface area contributed by atoms with E-state index in [1.54, 1.807) is 0 Å². The zero-order valence-corrected chi connectivity index (χ0v) is 9.00. The molecular formula is C10H17N3. The van der Waals surface area contributed by atoms with Gasteiger partial charge in [-0.3, -0.25) is 0 Å². The van der Waals surface area contributed by atoms with Gasteiger partial charge in [0.2, 0.25) is 5.95 Å². The smallest absolute Gasteiger partial charge is 0.225 e. The standard InChI is InChI=1S/C10H17N3/c1-7(2)9-6-8(3)11-10(12-9)13(4)5/h6-7H,1-5H3. The maximum atomic E-state index is 4.45. The van der Waals surface area contributed by atoms with Gasteiger partial charge in [-0.15, -0.1) is 0 Å². The van der Waals surface area contributed by atoms with E-state index in [4.69, 9.17) is 0 Å². The maximum absolute atomic E-state index is 4.45. The van der Waals surface area contributed by atoms with E-state index >= 15 is 0 Å². The monoisotopic (exact) mass is 179 g/mol. The van der Waals surface area contributed by atoms with Crippen LogP contribution in [-0.2, 0) is 0 Å². The molecule has 3 heteroatoms. The fourth-order valence-corrected chi connectivity index (χ4v) is 1.07. The largest absolute Gasteiger partial charge is 0.347 e. The molecule has 0 spiro atoms. The van der Waals surface area contributed by atoms with Crippen LogP contribution in [-0.4, -0.2) is 24.1 Å². The van der Waals surface area contributed by atoms with Crippen LogP contribution in [0.3, 0.4) is 0 Å². The quantitative estimate of drug-likeness (QED) is 0.695. The Labute approximate surface area is 79.8 Å². The fourth-order valence-electron chi connectivity index (χ4n) is 1.07. The maximum Gasteiger partial charge on any atom is 0.225 e. The topological polar surface area (TPSA) is 29.0 Å². The zero-order chi connectivity index (χ0) is 10.0. The summed E-state index contributed by atoms with van der Waals surface area (Å²) in [5.74, 6) is 1.25. The summed E-state index contributed by atoms with van der Waals surface area (Å²) in [5.41, 5.74) is 2.14. The first-order chi connectivity index (χ1) is 6.00. The third-order valence-electron chi connectivity index (χ3n) is 1.85. The van der Waals surface area contributed by atoms with E-state index in [1.165, 1.54) is 0 Å². The first-order valence-electron chi connectivity index (χ1n) is 4.53. The Balaban J connectivity index is 3.11. The summed E-state index contributed by atoms with van der Waals surface area (Å²) in [6.45, 7) is 6.28. The second kappa shape index (κ2) is 3.73. The van der Waals surface area contributed by atoms with Crippen LogP contribution in [0.2, 0.25) is 0 Å². The molecule has 72 valence electrons. The summed E-state index contributed by atoms with van der Waals surface area (Å²) >= 11 is 0. The number of nitrogens with zero attached hydrogens (tertiary/aromatic N) is 3. The molecule has 1 aromatic heterocycles. The van der Waals surface area contributed by atoms with Gasteiger partial charge in [0.1, 0.15) is 0 Å². The summed E-state index contributed by atoms with van der Waals surface area (Å²) in [6, 6.07) is 2.04. The lowest BCUT2D eigenvalue weighted by Gasteiger charge is -2.13. The molecule has 0 fully saturated rings. The molecule has 0 N–H and O–H groups in total. The summed E-state index contributed by atoms with van der Waals surface area (Å²) in [5, 5.41) is 0. The molecule has 1 aromatic rings. The first kappa shape index (κ1) is 9.96. The van der Waals surface area contributed by atoms with Gasteiger partial charge in [0.25, 0.3) is 0 Å². The molecule has 0 radical (unpaired) electrons. The van der Waals surface area contributed by atoms with Gasteiger partial charge < -0.3 is 4.90 Å². The van der Waals surface area contributed by atoms with Crippen LogP contribution in [0.25, 0.3) is 0 Å². The molecule has 0 aliphatic heterocycles. The molecule has 0 bridgehead atoms. The number of aromatic nitrogens is 2. The van der Waals surface area contributed by atoms with E-state index in [1.807, 2.05) is 32.0 Å². The molecule has 0 saturated carbocycles. The Morgan fingerprint density at radius 3 is 2.31 bits per heavy atom. The minimum Gasteiger partial charge on any atom is -0.347 e. The molecule has 0 aliphatic carbocycles. The minimum absolute atomic E-state index is 0.459. The van der Waals surface area contributed by atoms with Crippen LogP contribution in [0.4, 0.5) is 5.95 Å². The molecule has 0 aliphatic rings. The molecule has 0 atom stereocenters. The summed E-state index contributed by atoms with van der Waals surface area (Å²) in [6.07, 6.45) is 0. The number of aryl methyl sites for hydroxylation is 1. The van der Waals surface area contributed by atoms with Gasteiger partial charge in [0.05, 0.1) is 0 Å². The van der Waals surface area contributed by atoms with Crippen LogP contribution in [0.1, 0.15) is 31.2 Å². The van der Waals surface area contributed by atoms with Gasteiger partial charge in [-0.2, -0.15) is 0 Å². The van der Waals surface area contributed by atoms with Crippen LogP contribution in [0, 0.1) is 6.92 Å². The Bertz CT molecular complexity index is 266. The predicted octanol–water partition coefficient (Wildman–Crippen LogP) is 1.97. The first-order valence-corrected chi connectivity index (χ1v) is 4.53. The second-order valence-corrected chi connectivity index (χ2v) is 3.78. The number of hydrogen-bond donors (Lipinski definition) is 0. The van der Waals surface area contributed by atoms with E-state index in [2.05, 4.69) is 23.8 Å². The van der Waals surface area contributed by atoms with Crippen molar-refractivity contribution < 1.29 is 0 Å². The van der Waals surface area contributed by atoms with Crippen molar-refractivity contribution in [1.29, 1.82) is 0 Å². The third-order valence-corrected chi connectivity index (χ3v) is 1.85. The average Bonchev–Trinajstić information content (AvgIpc) is 2.03. The Morgan fingerprint density at radius 2 is 1.85 bits per heavy atom. The fraction of sp³-hybridized carbons (Fsp3) is 0.600. The molecule has 0 saturated heterocycles. The van der Waals surface area contributed by atoms with E-state index in [0.29, 0.717) is 5.92 Å². The summed E-state index contributed by atoms with van der Waals surface area (Å²) < 4.78 is 0. The van der Waals surface area contributed by atoms with E-state index < -0.39 is 0 Å². The summed E-state index contributed by atoms with van der Waals surface area (Å²) in [4.78, 5) is 10.7. The molecule has 0 amide bonds. The van der Waals surface area contributed by atoms with Crippen LogP contribution in [0.5, 0.6) is 0 Å². The lowest BCUT2D eigenvalue weighted by Crippen LogP contribution is -2.14. The van der Waals surface area contributed by atoms with Crippen molar-refractivity contribution in [3.8, 4) is 0 Å². The number of rotatable bonds is 2. The van der Waals surface area contributed by atoms with Crippen molar-refractivity contribution in [2.75, 3.05) is 19.0 Å². The van der Waals surface area contributed by atoms with Crippen LogP contribution < -0.4 is 4.90 Å². The van der Waals surface area contributed by atoms with Gasteiger partial charge in [-0.05, 0) is 18.9 Å². The highest BCUT2D eigenvalue weighted by Gasteiger charge is 2.06. The summed E-state index contributed by atoms with van der Waals surface area (Å²) in [7, 11) is 3.91. The number of hydrogen-bond acceptors (Lipinski definition) is 3. The van der Waals surface area contributed by atoms with Crippen molar-refractivity contribution >= 4 is 5.95 Å².